The SMILES string of the molecule is CC/C=C\C/C=C\C/C=C\C/C=C\CCCCCCCOCC(COC1OC(COC2OC(CO)C(O)C(O)C2O)C(O)C(O)C1O)OC(=O)CCCCCCCC/C=C\C/C=C\C/C=C\CCCCC. The van der Waals surface area contributed by atoms with Crippen molar-refractivity contribution in [1.29, 1.82) is 0 Å². The van der Waals surface area contributed by atoms with E-state index in [-0.39, 0.29) is 19.6 Å². The Morgan fingerprint density at radius 1 is 0.479 bits per heavy atom. The summed E-state index contributed by atoms with van der Waals surface area (Å²) in [4.78, 5) is 13.0. The summed E-state index contributed by atoms with van der Waals surface area (Å²) in [7, 11) is 0. The molecule has 11 unspecified atom stereocenters. The third kappa shape index (κ3) is 30.8. The number of aliphatic hydroxyl groups is 7. The Hall–Kier alpha value is -2.83. The lowest BCUT2D eigenvalue weighted by Crippen LogP contribution is -2.61. The highest BCUT2D eigenvalue weighted by molar-refractivity contribution is 5.69. The van der Waals surface area contributed by atoms with Crippen LogP contribution in [0.1, 0.15) is 168 Å². The quantitative estimate of drug-likeness (QED) is 0.0173. The van der Waals surface area contributed by atoms with Crippen LogP contribution in [-0.2, 0) is 33.2 Å². The molecule has 14 heteroatoms. The molecule has 0 aromatic rings. The van der Waals surface area contributed by atoms with Gasteiger partial charge in [-0.3, -0.25) is 4.79 Å². The average Bonchev–Trinajstić information content (AvgIpc) is 3.37. The molecule has 2 aliphatic rings. The molecule has 2 heterocycles. The van der Waals surface area contributed by atoms with Gasteiger partial charge in [-0.2, -0.15) is 0 Å². The number of carbonyl (C=O) groups excluding carboxylic acids is 1. The number of allylic oxidation sites excluding steroid dienone is 14. The van der Waals surface area contributed by atoms with Crippen molar-refractivity contribution in [2.75, 3.05) is 33.0 Å². The van der Waals surface area contributed by atoms with Crippen molar-refractivity contribution in [1.82, 2.24) is 0 Å². The number of carbonyl (C=O) groups is 1. The van der Waals surface area contributed by atoms with Crippen molar-refractivity contribution in [2.24, 2.45) is 0 Å². The second kappa shape index (κ2) is 43.6. The topological polar surface area (TPSA) is 214 Å². The molecule has 0 aromatic carbocycles. The first-order chi connectivity index (χ1) is 34.6. The Morgan fingerprint density at radius 2 is 0.915 bits per heavy atom. The molecular weight excluding hydrogens is 909 g/mol. The Bertz CT molecular complexity index is 1490. The first kappa shape index (κ1) is 64.3. The van der Waals surface area contributed by atoms with E-state index in [1.54, 1.807) is 0 Å². The van der Waals surface area contributed by atoms with Crippen LogP contribution in [0, 0.1) is 0 Å². The molecule has 0 aliphatic carbocycles. The van der Waals surface area contributed by atoms with Gasteiger partial charge in [-0.25, -0.2) is 0 Å². The van der Waals surface area contributed by atoms with E-state index >= 15 is 0 Å². The Morgan fingerprint density at radius 3 is 1.44 bits per heavy atom. The average molecular weight is 1010 g/mol. The van der Waals surface area contributed by atoms with E-state index in [4.69, 9.17) is 28.4 Å². The van der Waals surface area contributed by atoms with E-state index in [0.717, 1.165) is 116 Å². The number of aliphatic hydroxyl groups excluding tert-OH is 7. The fourth-order valence-electron chi connectivity index (χ4n) is 7.99. The van der Waals surface area contributed by atoms with E-state index in [1.165, 1.54) is 25.7 Å². The summed E-state index contributed by atoms with van der Waals surface area (Å²) >= 11 is 0. The van der Waals surface area contributed by atoms with E-state index in [1.807, 2.05) is 0 Å². The summed E-state index contributed by atoms with van der Waals surface area (Å²) in [6, 6.07) is 0. The van der Waals surface area contributed by atoms with Crippen molar-refractivity contribution in [2.45, 2.75) is 235 Å². The monoisotopic (exact) mass is 1000 g/mol. The lowest BCUT2D eigenvalue weighted by molar-refractivity contribution is -0.332. The summed E-state index contributed by atoms with van der Waals surface area (Å²) in [6.07, 6.45) is 39.2. The third-order valence-corrected chi connectivity index (χ3v) is 12.4. The number of rotatable bonds is 42. The lowest BCUT2D eigenvalue weighted by atomic mass is 9.98. The van der Waals surface area contributed by atoms with Gasteiger partial charge in [0, 0.05) is 13.0 Å². The van der Waals surface area contributed by atoms with Gasteiger partial charge in [0.05, 0.1) is 26.4 Å². The van der Waals surface area contributed by atoms with Crippen LogP contribution in [-0.4, -0.2) is 142 Å². The molecule has 2 fully saturated rings. The fraction of sp³-hybridized carbons (Fsp3) is 0.737. The first-order valence-electron chi connectivity index (χ1n) is 27.2. The zero-order valence-electron chi connectivity index (χ0n) is 43.4. The molecule has 2 aliphatic heterocycles. The maximum Gasteiger partial charge on any atom is 0.306 e. The minimum absolute atomic E-state index is 0.0382. The second-order valence-corrected chi connectivity index (χ2v) is 18.7. The molecule has 0 aromatic heterocycles. The van der Waals surface area contributed by atoms with Crippen molar-refractivity contribution in [3.63, 3.8) is 0 Å². The molecule has 14 nitrogen and oxygen atoms in total. The summed E-state index contributed by atoms with van der Waals surface area (Å²) in [5, 5.41) is 72.2. The molecule has 71 heavy (non-hydrogen) atoms. The van der Waals surface area contributed by atoms with Crippen LogP contribution < -0.4 is 0 Å². The van der Waals surface area contributed by atoms with E-state index < -0.39 is 86.7 Å². The van der Waals surface area contributed by atoms with E-state index in [2.05, 4.69) is 98.9 Å². The van der Waals surface area contributed by atoms with E-state index in [0.29, 0.717) is 13.0 Å². The fourth-order valence-corrected chi connectivity index (χ4v) is 7.99. The smallest absolute Gasteiger partial charge is 0.306 e. The van der Waals surface area contributed by atoms with Crippen LogP contribution >= 0.6 is 0 Å². The highest BCUT2D eigenvalue weighted by Gasteiger charge is 2.47. The molecule has 2 rings (SSSR count). The van der Waals surface area contributed by atoms with E-state index in [9.17, 15) is 40.5 Å². The van der Waals surface area contributed by atoms with Gasteiger partial charge in [0.25, 0.3) is 0 Å². The molecule has 0 saturated carbocycles. The predicted molar refractivity (Wildman–Crippen MR) is 279 cm³/mol. The van der Waals surface area contributed by atoms with Gasteiger partial charge < -0.3 is 64.2 Å². The molecule has 11 atom stereocenters. The Balaban J connectivity index is 1.77. The van der Waals surface area contributed by atoms with Crippen molar-refractivity contribution in [3.05, 3.63) is 85.1 Å². The van der Waals surface area contributed by atoms with Crippen LogP contribution in [0.5, 0.6) is 0 Å². The first-order valence-corrected chi connectivity index (χ1v) is 27.2. The number of hydrogen-bond donors (Lipinski definition) is 7. The molecule has 7 N–H and O–H groups in total. The van der Waals surface area contributed by atoms with Crippen LogP contribution in [0.4, 0.5) is 0 Å². The maximum atomic E-state index is 13.0. The van der Waals surface area contributed by atoms with Crippen LogP contribution in [0.3, 0.4) is 0 Å². The van der Waals surface area contributed by atoms with Crippen molar-refractivity contribution >= 4 is 5.97 Å². The van der Waals surface area contributed by atoms with Gasteiger partial charge in [-0.15, -0.1) is 0 Å². The normalized spacial score (nSPS) is 26.0. The Kier molecular flexibility index (Phi) is 39.4. The highest BCUT2D eigenvalue weighted by atomic mass is 16.7. The minimum Gasteiger partial charge on any atom is -0.457 e. The molecule has 408 valence electrons. The molecular formula is C57H96O14. The van der Waals surface area contributed by atoms with Crippen LogP contribution in [0.2, 0.25) is 0 Å². The maximum absolute atomic E-state index is 13.0. The molecule has 0 radical (unpaired) electrons. The van der Waals surface area contributed by atoms with Gasteiger partial charge in [-0.1, -0.05) is 157 Å². The Labute approximate surface area is 427 Å². The third-order valence-electron chi connectivity index (χ3n) is 12.4. The zero-order valence-corrected chi connectivity index (χ0v) is 43.4. The summed E-state index contributed by atoms with van der Waals surface area (Å²) in [6.45, 7) is 3.47. The number of hydrogen-bond acceptors (Lipinski definition) is 14. The highest BCUT2D eigenvalue weighted by Crippen LogP contribution is 2.26. The lowest BCUT2D eigenvalue weighted by Gasteiger charge is -2.42. The minimum atomic E-state index is -1.72. The zero-order chi connectivity index (χ0) is 51.6. The second-order valence-electron chi connectivity index (χ2n) is 18.7. The van der Waals surface area contributed by atoms with Gasteiger partial charge in [0.2, 0.25) is 0 Å². The predicted octanol–water partition coefficient (Wildman–Crippen LogP) is 8.85. The van der Waals surface area contributed by atoms with Gasteiger partial charge >= 0.3 is 5.97 Å². The number of ether oxygens (including phenoxy) is 6. The summed E-state index contributed by atoms with van der Waals surface area (Å²) in [5.74, 6) is -0.399. The van der Waals surface area contributed by atoms with Gasteiger partial charge in [-0.05, 0) is 89.9 Å². The van der Waals surface area contributed by atoms with Crippen molar-refractivity contribution < 1.29 is 69.0 Å². The molecule has 0 amide bonds. The number of esters is 1. The van der Waals surface area contributed by atoms with Crippen LogP contribution in [0.15, 0.2) is 85.1 Å². The largest absolute Gasteiger partial charge is 0.457 e. The number of unbranched alkanes of at least 4 members (excludes halogenated alkanes) is 14. The molecule has 2 saturated heterocycles. The standard InChI is InChI=1S/C57H96O14/c1-3-5-7-9-11-13-15-17-19-21-23-24-26-28-30-32-34-36-38-40-49(59)69-46(43-66-41-39-37-35-33-31-29-27-25-22-20-18-16-14-12-10-8-6-4-2)44-67-56-55(65)53(63)51(61)48(71-56)45-68-57-54(64)52(62)50(60)47(42-58)70-57/h6,8,11-14,17-20,23-25,27,46-48,50-58,60-65H,3-5,7,9-10,15-16,21-22,26,28-45H2,1-2H3/b8-6-,13-11-,14-12-,19-17-,20-18-,24-23-,27-25-. The van der Waals surface area contributed by atoms with Crippen molar-refractivity contribution in [3.8, 4) is 0 Å². The summed E-state index contributed by atoms with van der Waals surface area (Å²) < 4.78 is 34.3. The van der Waals surface area contributed by atoms with Gasteiger partial charge in [0.15, 0.2) is 12.6 Å². The van der Waals surface area contributed by atoms with Gasteiger partial charge in [0.1, 0.15) is 54.9 Å². The summed E-state index contributed by atoms with van der Waals surface area (Å²) in [5.41, 5.74) is 0. The molecule has 0 bridgehead atoms. The molecule has 0 spiro atoms. The van der Waals surface area contributed by atoms with Crippen LogP contribution in [0.25, 0.3) is 0 Å².